The molecule has 2 aromatic carbocycles. The molecular weight excluding hydrogens is 224 g/mol. The molecular formula is C16H16O2. The topological polar surface area (TPSA) is 26.3 Å². The highest BCUT2D eigenvalue weighted by Crippen LogP contribution is 2.24. The quantitative estimate of drug-likeness (QED) is 0.600. The first kappa shape index (κ1) is 12.4. The van der Waals surface area contributed by atoms with E-state index < -0.39 is 0 Å². The lowest BCUT2D eigenvalue weighted by atomic mass is 10.0. The van der Waals surface area contributed by atoms with E-state index in [4.69, 9.17) is 4.74 Å². The molecule has 0 aliphatic heterocycles. The van der Waals surface area contributed by atoms with Crippen molar-refractivity contribution in [3.8, 4) is 0 Å². The molecule has 0 amide bonds. The number of hydrogen-bond donors (Lipinski definition) is 0. The highest BCUT2D eigenvalue weighted by atomic mass is 16.5. The molecule has 0 radical (unpaired) electrons. The molecule has 0 N–H and O–H groups in total. The summed E-state index contributed by atoms with van der Waals surface area (Å²) in [6.07, 6.45) is 1.25. The molecule has 0 fully saturated rings. The van der Waals surface area contributed by atoms with E-state index in [0.29, 0.717) is 0 Å². The van der Waals surface area contributed by atoms with E-state index in [9.17, 15) is 4.79 Å². The van der Waals surface area contributed by atoms with Crippen LogP contribution in [0.3, 0.4) is 0 Å². The van der Waals surface area contributed by atoms with Gasteiger partial charge in [-0.05, 0) is 35.4 Å². The molecule has 0 heterocycles. The predicted molar refractivity (Wildman–Crippen MR) is 73.4 cm³/mol. The van der Waals surface area contributed by atoms with E-state index in [1.165, 1.54) is 17.9 Å². The Bertz CT molecular complexity index is 599. The summed E-state index contributed by atoms with van der Waals surface area (Å²) in [4.78, 5) is 11.0. The van der Waals surface area contributed by atoms with Crippen LogP contribution in [0.5, 0.6) is 0 Å². The molecule has 2 heteroatoms. The van der Waals surface area contributed by atoms with E-state index in [1.807, 2.05) is 18.2 Å². The van der Waals surface area contributed by atoms with Crippen LogP contribution in [0, 0.1) is 6.92 Å². The normalized spacial score (nSPS) is 12.1. The van der Waals surface area contributed by atoms with Crippen LogP contribution in [0.1, 0.15) is 24.2 Å². The monoisotopic (exact) mass is 240 g/mol. The van der Waals surface area contributed by atoms with Gasteiger partial charge in [-0.3, -0.25) is 4.79 Å². The predicted octanol–water partition coefficient (Wildman–Crippen LogP) is 3.94. The Morgan fingerprint density at radius 3 is 2.56 bits per heavy atom. The van der Waals surface area contributed by atoms with Crippen molar-refractivity contribution in [1.82, 2.24) is 0 Å². The first-order valence-electron chi connectivity index (χ1n) is 5.90. The van der Waals surface area contributed by atoms with Crippen LogP contribution in [-0.2, 0) is 9.53 Å². The van der Waals surface area contributed by atoms with Crippen LogP contribution in [0.15, 0.2) is 49.1 Å². The second-order valence-corrected chi connectivity index (χ2v) is 4.38. The minimum Gasteiger partial charge on any atom is -0.453 e. The highest BCUT2D eigenvalue weighted by molar-refractivity contribution is 5.84. The molecule has 2 aromatic rings. The van der Waals surface area contributed by atoms with E-state index >= 15 is 0 Å². The van der Waals surface area contributed by atoms with Gasteiger partial charge in [0.2, 0.25) is 0 Å². The third-order valence-corrected chi connectivity index (χ3v) is 2.86. The third kappa shape index (κ3) is 2.59. The summed E-state index contributed by atoms with van der Waals surface area (Å²) in [7, 11) is 0. The van der Waals surface area contributed by atoms with Gasteiger partial charge < -0.3 is 4.74 Å². The van der Waals surface area contributed by atoms with Gasteiger partial charge in [0.1, 0.15) is 6.10 Å². The maximum absolute atomic E-state index is 11.0. The fourth-order valence-corrected chi connectivity index (χ4v) is 1.99. The molecule has 0 aliphatic carbocycles. The number of ether oxygens (including phenoxy) is 1. The van der Waals surface area contributed by atoms with Crippen molar-refractivity contribution in [2.75, 3.05) is 0 Å². The summed E-state index contributed by atoms with van der Waals surface area (Å²) in [5, 5.41) is 2.32. The summed E-state index contributed by atoms with van der Waals surface area (Å²) >= 11 is 0. The van der Waals surface area contributed by atoms with Crippen molar-refractivity contribution in [1.29, 1.82) is 0 Å². The Balaban J connectivity index is 2.42. The van der Waals surface area contributed by atoms with Gasteiger partial charge in [-0.15, -0.1) is 0 Å². The number of hydrogen-bond acceptors (Lipinski definition) is 2. The summed E-state index contributed by atoms with van der Waals surface area (Å²) in [6, 6.07) is 12.3. The van der Waals surface area contributed by atoms with E-state index in [0.717, 1.165) is 10.9 Å². The molecule has 92 valence electrons. The first-order chi connectivity index (χ1) is 8.60. The summed E-state index contributed by atoms with van der Waals surface area (Å²) < 4.78 is 5.20. The van der Waals surface area contributed by atoms with Gasteiger partial charge in [-0.25, -0.2) is 0 Å². The molecule has 2 nitrogen and oxygen atoms in total. The number of fused-ring (bicyclic) bond motifs is 1. The van der Waals surface area contributed by atoms with Gasteiger partial charge in [-0.2, -0.15) is 0 Å². The molecule has 0 saturated carbocycles. The van der Waals surface area contributed by atoms with Gasteiger partial charge in [0.15, 0.2) is 0 Å². The van der Waals surface area contributed by atoms with Crippen molar-refractivity contribution >= 4 is 16.7 Å². The Morgan fingerprint density at radius 2 is 1.89 bits per heavy atom. The molecule has 0 spiro atoms. The van der Waals surface area contributed by atoms with Crippen LogP contribution in [0.4, 0.5) is 0 Å². The summed E-state index contributed by atoms with van der Waals surface area (Å²) in [5.74, 6) is -0.302. The Kier molecular flexibility index (Phi) is 3.47. The molecule has 1 atom stereocenters. The summed E-state index contributed by atoms with van der Waals surface area (Å²) in [5.41, 5.74) is 2.17. The smallest absolute Gasteiger partial charge is 0.303 e. The number of esters is 1. The molecule has 1 unspecified atom stereocenters. The lowest BCUT2D eigenvalue weighted by Crippen LogP contribution is -2.05. The van der Waals surface area contributed by atoms with Crippen LogP contribution in [-0.4, -0.2) is 5.97 Å². The average Bonchev–Trinajstić information content (AvgIpc) is 2.35. The van der Waals surface area contributed by atoms with Crippen molar-refractivity contribution in [2.24, 2.45) is 0 Å². The number of carbonyl (C=O) groups is 1. The van der Waals surface area contributed by atoms with Gasteiger partial charge in [-0.1, -0.05) is 42.5 Å². The van der Waals surface area contributed by atoms with E-state index in [2.05, 4.69) is 31.7 Å². The van der Waals surface area contributed by atoms with Gasteiger partial charge in [0, 0.05) is 6.92 Å². The number of aryl methyl sites for hydroxylation is 1. The van der Waals surface area contributed by atoms with Crippen LogP contribution in [0.25, 0.3) is 10.8 Å². The number of carbonyl (C=O) groups excluding carboxylic acids is 1. The van der Waals surface area contributed by atoms with Gasteiger partial charge in [0.05, 0.1) is 0 Å². The Labute approximate surface area is 107 Å². The third-order valence-electron chi connectivity index (χ3n) is 2.86. The number of benzene rings is 2. The van der Waals surface area contributed by atoms with Crippen molar-refractivity contribution in [3.05, 3.63) is 60.2 Å². The average molecular weight is 240 g/mol. The highest BCUT2D eigenvalue weighted by Gasteiger charge is 2.10. The molecule has 0 bridgehead atoms. The van der Waals surface area contributed by atoms with Crippen LogP contribution < -0.4 is 0 Å². The molecule has 18 heavy (non-hydrogen) atoms. The van der Waals surface area contributed by atoms with Crippen molar-refractivity contribution in [2.45, 2.75) is 20.0 Å². The lowest BCUT2D eigenvalue weighted by Gasteiger charge is -2.14. The van der Waals surface area contributed by atoms with E-state index in [-0.39, 0.29) is 12.1 Å². The Hall–Kier alpha value is -2.09. The zero-order valence-electron chi connectivity index (χ0n) is 10.6. The standard InChI is InChI=1S/C16H16O2/c1-4-16(18-12(3)17)15-8-7-13-9-11(2)5-6-14(13)10-15/h4-10,16H,1H2,2-3H3. The summed E-state index contributed by atoms with van der Waals surface area (Å²) in [6.45, 7) is 7.18. The molecule has 0 aromatic heterocycles. The van der Waals surface area contributed by atoms with Crippen LogP contribution >= 0.6 is 0 Å². The van der Waals surface area contributed by atoms with E-state index in [1.54, 1.807) is 6.08 Å². The minimum absolute atomic E-state index is 0.302. The lowest BCUT2D eigenvalue weighted by molar-refractivity contribution is -0.144. The minimum atomic E-state index is -0.381. The Morgan fingerprint density at radius 1 is 1.22 bits per heavy atom. The van der Waals surface area contributed by atoms with Crippen LogP contribution in [0.2, 0.25) is 0 Å². The maximum atomic E-state index is 11.0. The maximum Gasteiger partial charge on any atom is 0.303 e. The zero-order chi connectivity index (χ0) is 13.1. The largest absolute Gasteiger partial charge is 0.453 e. The van der Waals surface area contributed by atoms with Crippen molar-refractivity contribution in [3.63, 3.8) is 0 Å². The SMILES string of the molecule is C=CC(OC(C)=O)c1ccc2cc(C)ccc2c1. The van der Waals surface area contributed by atoms with Gasteiger partial charge in [0.25, 0.3) is 0 Å². The molecule has 2 rings (SSSR count). The zero-order valence-corrected chi connectivity index (χ0v) is 10.6. The molecule has 0 saturated heterocycles. The number of rotatable bonds is 3. The second kappa shape index (κ2) is 5.05. The van der Waals surface area contributed by atoms with Gasteiger partial charge >= 0.3 is 5.97 Å². The van der Waals surface area contributed by atoms with Crippen molar-refractivity contribution < 1.29 is 9.53 Å². The first-order valence-corrected chi connectivity index (χ1v) is 5.90. The fraction of sp³-hybridized carbons (Fsp3) is 0.188. The second-order valence-electron chi connectivity index (χ2n) is 4.38. The molecule has 0 aliphatic rings. The fourth-order valence-electron chi connectivity index (χ4n) is 1.99.